The molecule has 0 radical (unpaired) electrons. The van der Waals surface area contributed by atoms with Crippen molar-refractivity contribution in [3.63, 3.8) is 0 Å². The van der Waals surface area contributed by atoms with Crippen LogP contribution in [0.25, 0.3) is 0 Å². The molecule has 3 heteroatoms. The summed E-state index contributed by atoms with van der Waals surface area (Å²) in [6.07, 6.45) is 3.92. The molecule has 1 rings (SSSR count). The molecule has 19 heavy (non-hydrogen) atoms. The molecule has 0 spiro atoms. The lowest BCUT2D eigenvalue weighted by Gasteiger charge is -2.26. The second-order valence-corrected chi connectivity index (χ2v) is 5.71. The molecule has 0 fully saturated rings. The number of halogens is 1. The zero-order chi connectivity index (χ0) is 14.1. The highest BCUT2D eigenvalue weighted by Crippen LogP contribution is 2.13. The highest BCUT2D eigenvalue weighted by atomic mass is 35.5. The minimum absolute atomic E-state index is 0.615. The van der Waals surface area contributed by atoms with Gasteiger partial charge >= 0.3 is 0 Å². The maximum absolute atomic E-state index is 5.87. The second-order valence-electron chi connectivity index (χ2n) is 5.27. The SMILES string of the molecule is CCCCCN(CCNc1ccc(Cl)cc1)C(C)C. The summed E-state index contributed by atoms with van der Waals surface area (Å²) in [5, 5.41) is 4.23. The molecule has 0 unspecified atom stereocenters. The molecule has 1 aromatic rings. The fourth-order valence-corrected chi connectivity index (χ4v) is 2.23. The topological polar surface area (TPSA) is 15.3 Å². The third-order valence-electron chi connectivity index (χ3n) is 3.35. The fraction of sp³-hybridized carbons (Fsp3) is 0.625. The van der Waals surface area contributed by atoms with Crippen molar-refractivity contribution in [2.24, 2.45) is 0 Å². The number of unbranched alkanes of at least 4 members (excludes halogenated alkanes) is 2. The van der Waals surface area contributed by atoms with Gasteiger partial charge in [0.2, 0.25) is 0 Å². The van der Waals surface area contributed by atoms with Crippen molar-refractivity contribution in [2.75, 3.05) is 25.0 Å². The van der Waals surface area contributed by atoms with Crippen LogP contribution in [-0.2, 0) is 0 Å². The first kappa shape index (κ1) is 16.3. The van der Waals surface area contributed by atoms with Gasteiger partial charge in [0.15, 0.2) is 0 Å². The van der Waals surface area contributed by atoms with Crippen LogP contribution in [0.4, 0.5) is 5.69 Å². The Bertz CT molecular complexity index is 335. The first-order valence-electron chi connectivity index (χ1n) is 7.37. The van der Waals surface area contributed by atoms with Gasteiger partial charge in [-0.2, -0.15) is 0 Å². The van der Waals surface area contributed by atoms with Gasteiger partial charge in [-0.1, -0.05) is 31.4 Å². The molecule has 0 saturated carbocycles. The van der Waals surface area contributed by atoms with Gasteiger partial charge in [-0.15, -0.1) is 0 Å². The van der Waals surface area contributed by atoms with E-state index in [1.807, 2.05) is 24.3 Å². The number of anilines is 1. The molecule has 0 amide bonds. The molecule has 2 nitrogen and oxygen atoms in total. The minimum Gasteiger partial charge on any atom is -0.384 e. The average molecular weight is 283 g/mol. The molecule has 0 aliphatic heterocycles. The molecule has 1 N–H and O–H groups in total. The summed E-state index contributed by atoms with van der Waals surface area (Å²) < 4.78 is 0. The minimum atomic E-state index is 0.615. The third-order valence-corrected chi connectivity index (χ3v) is 3.60. The van der Waals surface area contributed by atoms with E-state index in [1.54, 1.807) is 0 Å². The van der Waals surface area contributed by atoms with Crippen LogP contribution in [0, 0.1) is 0 Å². The smallest absolute Gasteiger partial charge is 0.0407 e. The van der Waals surface area contributed by atoms with Gasteiger partial charge in [-0.05, 0) is 51.1 Å². The van der Waals surface area contributed by atoms with Crippen LogP contribution >= 0.6 is 11.6 Å². The summed E-state index contributed by atoms with van der Waals surface area (Å²) in [7, 11) is 0. The summed E-state index contributed by atoms with van der Waals surface area (Å²) in [6.45, 7) is 10.1. The quantitative estimate of drug-likeness (QED) is 0.663. The first-order valence-corrected chi connectivity index (χ1v) is 7.74. The van der Waals surface area contributed by atoms with Gasteiger partial charge in [0.1, 0.15) is 0 Å². The molecule has 0 saturated heterocycles. The molecule has 108 valence electrons. The van der Waals surface area contributed by atoms with Crippen molar-refractivity contribution < 1.29 is 0 Å². The number of benzene rings is 1. The molecule has 0 aliphatic rings. The van der Waals surface area contributed by atoms with Crippen molar-refractivity contribution in [1.29, 1.82) is 0 Å². The normalized spacial score (nSPS) is 11.3. The summed E-state index contributed by atoms with van der Waals surface area (Å²) in [4.78, 5) is 2.54. The van der Waals surface area contributed by atoms with Crippen LogP contribution in [-0.4, -0.2) is 30.6 Å². The van der Waals surface area contributed by atoms with Gasteiger partial charge < -0.3 is 5.32 Å². The standard InChI is InChI=1S/C16H27ClN2/c1-4-5-6-12-19(14(2)3)13-11-18-16-9-7-15(17)8-10-16/h7-10,14,18H,4-6,11-13H2,1-3H3. The van der Waals surface area contributed by atoms with Gasteiger partial charge in [0.05, 0.1) is 0 Å². The summed E-state index contributed by atoms with van der Waals surface area (Å²) >= 11 is 5.87. The van der Waals surface area contributed by atoms with E-state index in [-0.39, 0.29) is 0 Å². The van der Waals surface area contributed by atoms with E-state index in [0.29, 0.717) is 6.04 Å². The Hall–Kier alpha value is -0.730. The zero-order valence-corrected chi connectivity index (χ0v) is 13.2. The fourth-order valence-electron chi connectivity index (χ4n) is 2.10. The van der Waals surface area contributed by atoms with E-state index in [4.69, 9.17) is 11.6 Å². The molecule has 0 heterocycles. The lowest BCUT2D eigenvalue weighted by atomic mass is 10.2. The highest BCUT2D eigenvalue weighted by Gasteiger charge is 2.08. The molecule has 0 atom stereocenters. The molecule has 1 aromatic carbocycles. The first-order chi connectivity index (χ1) is 9.13. The number of hydrogen-bond acceptors (Lipinski definition) is 2. The number of nitrogens with zero attached hydrogens (tertiary/aromatic N) is 1. The van der Waals surface area contributed by atoms with Gasteiger partial charge in [0.25, 0.3) is 0 Å². The highest BCUT2D eigenvalue weighted by molar-refractivity contribution is 6.30. The van der Waals surface area contributed by atoms with Crippen molar-refractivity contribution in [3.8, 4) is 0 Å². The molecular formula is C16H27ClN2. The number of hydrogen-bond donors (Lipinski definition) is 1. The summed E-state index contributed by atoms with van der Waals surface area (Å²) in [5.41, 5.74) is 1.14. The van der Waals surface area contributed by atoms with Gasteiger partial charge in [-0.25, -0.2) is 0 Å². The van der Waals surface area contributed by atoms with Crippen LogP contribution in [0.15, 0.2) is 24.3 Å². The van der Waals surface area contributed by atoms with Gasteiger partial charge in [0, 0.05) is 29.8 Å². The van der Waals surface area contributed by atoms with Crippen molar-refractivity contribution in [2.45, 2.75) is 46.1 Å². The average Bonchev–Trinajstić information content (AvgIpc) is 2.39. The number of rotatable bonds is 9. The largest absolute Gasteiger partial charge is 0.384 e. The molecule has 0 bridgehead atoms. The Balaban J connectivity index is 2.29. The van der Waals surface area contributed by atoms with Gasteiger partial charge in [-0.3, -0.25) is 4.90 Å². The van der Waals surface area contributed by atoms with E-state index in [1.165, 1.54) is 25.8 Å². The van der Waals surface area contributed by atoms with Crippen LogP contribution in [0.1, 0.15) is 40.0 Å². The van der Waals surface area contributed by atoms with E-state index >= 15 is 0 Å². The van der Waals surface area contributed by atoms with E-state index in [9.17, 15) is 0 Å². The Kier molecular flexibility index (Phi) is 7.92. The van der Waals surface area contributed by atoms with E-state index < -0.39 is 0 Å². The summed E-state index contributed by atoms with van der Waals surface area (Å²) in [6, 6.07) is 8.51. The van der Waals surface area contributed by atoms with Crippen molar-refractivity contribution in [3.05, 3.63) is 29.3 Å². The lowest BCUT2D eigenvalue weighted by molar-refractivity contribution is 0.225. The molecular weight excluding hydrogens is 256 g/mol. The van der Waals surface area contributed by atoms with Crippen LogP contribution in [0.3, 0.4) is 0 Å². The van der Waals surface area contributed by atoms with Crippen LogP contribution in [0.2, 0.25) is 5.02 Å². The second kappa shape index (κ2) is 9.22. The van der Waals surface area contributed by atoms with Crippen molar-refractivity contribution >= 4 is 17.3 Å². The predicted molar refractivity (Wildman–Crippen MR) is 86.2 cm³/mol. The van der Waals surface area contributed by atoms with E-state index in [0.717, 1.165) is 23.8 Å². The van der Waals surface area contributed by atoms with Crippen molar-refractivity contribution in [1.82, 2.24) is 4.90 Å². The predicted octanol–water partition coefficient (Wildman–Crippen LogP) is 4.65. The Labute approximate surface area is 123 Å². The Morgan fingerprint density at radius 1 is 1.11 bits per heavy atom. The zero-order valence-electron chi connectivity index (χ0n) is 12.5. The van der Waals surface area contributed by atoms with E-state index in [2.05, 4.69) is 31.0 Å². The maximum atomic E-state index is 5.87. The maximum Gasteiger partial charge on any atom is 0.0407 e. The number of nitrogens with one attached hydrogen (secondary N) is 1. The Morgan fingerprint density at radius 3 is 2.37 bits per heavy atom. The monoisotopic (exact) mass is 282 g/mol. The summed E-state index contributed by atoms with van der Waals surface area (Å²) in [5.74, 6) is 0. The molecule has 0 aliphatic carbocycles. The van der Waals surface area contributed by atoms with Crippen LogP contribution in [0.5, 0.6) is 0 Å². The Morgan fingerprint density at radius 2 is 1.79 bits per heavy atom. The third kappa shape index (κ3) is 6.84. The lowest BCUT2D eigenvalue weighted by Crippen LogP contribution is -2.35. The molecule has 0 aromatic heterocycles. The van der Waals surface area contributed by atoms with Crippen LogP contribution < -0.4 is 5.32 Å².